The molecular formula is C23H28Cl2N2O3. The number of benzene rings is 2. The molecule has 0 aromatic heterocycles. The lowest BCUT2D eigenvalue weighted by atomic mass is 10.1. The largest absolute Gasteiger partial charge is 0.483 e. The number of carbonyl (C=O) groups is 2. The molecular weight excluding hydrogens is 423 g/mol. The second kappa shape index (κ2) is 10.7. The van der Waals surface area contributed by atoms with Crippen molar-refractivity contribution < 1.29 is 14.3 Å². The van der Waals surface area contributed by atoms with Crippen LogP contribution in [0.25, 0.3) is 0 Å². The first-order valence-electron chi connectivity index (χ1n) is 9.83. The van der Waals surface area contributed by atoms with Gasteiger partial charge in [-0.25, -0.2) is 0 Å². The summed E-state index contributed by atoms with van der Waals surface area (Å²) in [6, 6.07) is 10.1. The van der Waals surface area contributed by atoms with Crippen molar-refractivity contribution >= 4 is 35.0 Å². The summed E-state index contributed by atoms with van der Waals surface area (Å²) in [4.78, 5) is 27.1. The first-order chi connectivity index (χ1) is 14.1. The van der Waals surface area contributed by atoms with E-state index >= 15 is 0 Å². The average molecular weight is 451 g/mol. The maximum absolute atomic E-state index is 13.1. The van der Waals surface area contributed by atoms with Crippen molar-refractivity contribution in [1.82, 2.24) is 10.2 Å². The molecule has 0 radical (unpaired) electrons. The molecule has 0 aliphatic carbocycles. The van der Waals surface area contributed by atoms with E-state index in [1.54, 1.807) is 25.1 Å². The van der Waals surface area contributed by atoms with E-state index in [4.69, 9.17) is 27.9 Å². The Labute approximate surface area is 188 Å². The number of amides is 2. The van der Waals surface area contributed by atoms with Gasteiger partial charge in [0.2, 0.25) is 5.91 Å². The van der Waals surface area contributed by atoms with E-state index in [0.717, 1.165) is 11.1 Å². The summed E-state index contributed by atoms with van der Waals surface area (Å²) in [6.45, 7) is 9.22. The SMILES string of the molecule is Cc1ccc(OCC(=O)N(Cc2c(Cl)cccc2Cl)[C@@H](C)C(=O)NC(C)C)c(C)c1. The summed E-state index contributed by atoms with van der Waals surface area (Å²) < 4.78 is 5.75. The second-order valence-corrected chi connectivity index (χ2v) is 8.43. The number of aryl methyl sites for hydroxylation is 2. The van der Waals surface area contributed by atoms with E-state index in [9.17, 15) is 9.59 Å². The Morgan fingerprint density at radius 3 is 2.27 bits per heavy atom. The van der Waals surface area contributed by atoms with Crippen LogP contribution in [-0.4, -0.2) is 35.4 Å². The molecule has 0 fully saturated rings. The maximum Gasteiger partial charge on any atom is 0.261 e. The Balaban J connectivity index is 2.24. The van der Waals surface area contributed by atoms with Crippen molar-refractivity contribution in [1.29, 1.82) is 0 Å². The molecule has 0 heterocycles. The van der Waals surface area contributed by atoms with Gasteiger partial charge in [-0.2, -0.15) is 0 Å². The first kappa shape index (κ1) is 24.0. The Morgan fingerprint density at radius 2 is 1.70 bits per heavy atom. The molecule has 0 saturated carbocycles. The predicted molar refractivity (Wildman–Crippen MR) is 121 cm³/mol. The minimum atomic E-state index is -0.727. The third kappa shape index (κ3) is 6.38. The Kier molecular flexibility index (Phi) is 8.56. The van der Waals surface area contributed by atoms with E-state index < -0.39 is 6.04 Å². The topological polar surface area (TPSA) is 58.6 Å². The number of nitrogens with one attached hydrogen (secondary N) is 1. The van der Waals surface area contributed by atoms with E-state index in [1.807, 2.05) is 45.9 Å². The van der Waals surface area contributed by atoms with Crippen molar-refractivity contribution in [3.63, 3.8) is 0 Å². The van der Waals surface area contributed by atoms with Crippen LogP contribution in [0.4, 0.5) is 0 Å². The lowest BCUT2D eigenvalue weighted by molar-refractivity contribution is -0.142. The molecule has 5 nitrogen and oxygen atoms in total. The van der Waals surface area contributed by atoms with Gasteiger partial charge in [-0.3, -0.25) is 9.59 Å². The van der Waals surface area contributed by atoms with Crippen LogP contribution in [-0.2, 0) is 16.1 Å². The molecule has 162 valence electrons. The molecule has 0 spiro atoms. The molecule has 0 aliphatic rings. The quantitative estimate of drug-likeness (QED) is 0.619. The van der Waals surface area contributed by atoms with Crippen molar-refractivity contribution in [3.05, 3.63) is 63.1 Å². The van der Waals surface area contributed by atoms with Gasteiger partial charge >= 0.3 is 0 Å². The molecule has 2 aromatic carbocycles. The summed E-state index contributed by atoms with van der Waals surface area (Å²) in [5, 5.41) is 3.72. The van der Waals surface area contributed by atoms with Gasteiger partial charge in [-0.1, -0.05) is 47.0 Å². The highest BCUT2D eigenvalue weighted by Gasteiger charge is 2.28. The van der Waals surface area contributed by atoms with Crippen LogP contribution in [0, 0.1) is 13.8 Å². The van der Waals surface area contributed by atoms with Gasteiger partial charge in [-0.05, 0) is 58.4 Å². The van der Waals surface area contributed by atoms with Crippen molar-refractivity contribution in [2.24, 2.45) is 0 Å². The molecule has 1 N–H and O–H groups in total. The van der Waals surface area contributed by atoms with Crippen LogP contribution >= 0.6 is 23.2 Å². The summed E-state index contributed by atoms with van der Waals surface area (Å²) in [5.41, 5.74) is 2.64. The predicted octanol–water partition coefficient (Wildman–Crippen LogP) is 4.93. The first-order valence-corrected chi connectivity index (χ1v) is 10.6. The fraction of sp³-hybridized carbons (Fsp3) is 0.391. The lowest BCUT2D eigenvalue weighted by Crippen LogP contribution is -2.50. The van der Waals surface area contributed by atoms with Gasteiger partial charge in [0.25, 0.3) is 5.91 Å². The second-order valence-electron chi connectivity index (χ2n) is 7.62. The fourth-order valence-corrected chi connectivity index (χ4v) is 3.54. The standard InChI is InChI=1S/C23H28Cl2N2O3/c1-14(2)26-23(29)17(5)27(12-18-19(24)7-6-8-20(18)25)22(28)13-30-21-10-9-15(3)11-16(21)4/h6-11,14,17H,12-13H2,1-5H3,(H,26,29)/t17-/m0/s1. The molecule has 0 unspecified atom stereocenters. The van der Waals surface area contributed by atoms with Crippen molar-refractivity contribution in [2.75, 3.05) is 6.61 Å². The van der Waals surface area contributed by atoms with Gasteiger partial charge in [0.1, 0.15) is 11.8 Å². The van der Waals surface area contributed by atoms with E-state index in [2.05, 4.69) is 5.32 Å². The van der Waals surface area contributed by atoms with Crippen LogP contribution in [0.1, 0.15) is 37.5 Å². The van der Waals surface area contributed by atoms with Gasteiger partial charge < -0.3 is 15.0 Å². The summed E-state index contributed by atoms with van der Waals surface area (Å²) in [7, 11) is 0. The number of nitrogens with zero attached hydrogens (tertiary/aromatic N) is 1. The van der Waals surface area contributed by atoms with E-state index in [0.29, 0.717) is 21.4 Å². The smallest absolute Gasteiger partial charge is 0.261 e. The normalized spacial score (nSPS) is 11.9. The average Bonchev–Trinajstić information content (AvgIpc) is 2.66. The zero-order valence-corrected chi connectivity index (χ0v) is 19.5. The third-order valence-electron chi connectivity index (χ3n) is 4.67. The van der Waals surface area contributed by atoms with Crippen LogP contribution in [0.3, 0.4) is 0 Å². The Bertz CT molecular complexity index is 895. The van der Waals surface area contributed by atoms with Gasteiger partial charge in [-0.15, -0.1) is 0 Å². The fourth-order valence-electron chi connectivity index (χ4n) is 3.03. The number of hydrogen-bond donors (Lipinski definition) is 1. The van der Waals surface area contributed by atoms with Gasteiger partial charge in [0, 0.05) is 28.2 Å². The van der Waals surface area contributed by atoms with Gasteiger partial charge in [0.15, 0.2) is 6.61 Å². The minimum absolute atomic E-state index is 0.0488. The highest BCUT2D eigenvalue weighted by Crippen LogP contribution is 2.27. The third-order valence-corrected chi connectivity index (χ3v) is 5.38. The number of ether oxygens (including phenoxy) is 1. The van der Waals surface area contributed by atoms with E-state index in [1.165, 1.54) is 4.90 Å². The number of halogens is 2. The molecule has 0 aliphatic heterocycles. The van der Waals surface area contributed by atoms with Crippen LogP contribution in [0.2, 0.25) is 10.0 Å². The van der Waals surface area contributed by atoms with Crippen molar-refractivity contribution in [2.45, 2.75) is 53.2 Å². The summed E-state index contributed by atoms with van der Waals surface area (Å²) in [5.74, 6) is 0.0365. The summed E-state index contributed by atoms with van der Waals surface area (Å²) >= 11 is 12.6. The number of rotatable bonds is 8. The molecule has 0 bridgehead atoms. The number of hydrogen-bond acceptors (Lipinski definition) is 3. The monoisotopic (exact) mass is 450 g/mol. The Morgan fingerprint density at radius 1 is 1.07 bits per heavy atom. The molecule has 2 rings (SSSR count). The highest BCUT2D eigenvalue weighted by molar-refractivity contribution is 6.36. The van der Waals surface area contributed by atoms with E-state index in [-0.39, 0.29) is 31.0 Å². The van der Waals surface area contributed by atoms with Crippen LogP contribution in [0.15, 0.2) is 36.4 Å². The zero-order chi connectivity index (χ0) is 22.4. The van der Waals surface area contributed by atoms with Gasteiger partial charge in [0.05, 0.1) is 0 Å². The maximum atomic E-state index is 13.1. The zero-order valence-electron chi connectivity index (χ0n) is 18.0. The molecule has 1 atom stereocenters. The van der Waals surface area contributed by atoms with Crippen LogP contribution in [0.5, 0.6) is 5.75 Å². The number of carbonyl (C=O) groups excluding carboxylic acids is 2. The Hall–Kier alpha value is -2.24. The highest BCUT2D eigenvalue weighted by atomic mass is 35.5. The lowest BCUT2D eigenvalue weighted by Gasteiger charge is -2.30. The van der Waals surface area contributed by atoms with Crippen LogP contribution < -0.4 is 10.1 Å². The molecule has 7 heteroatoms. The van der Waals surface area contributed by atoms with Crippen molar-refractivity contribution in [3.8, 4) is 5.75 Å². The minimum Gasteiger partial charge on any atom is -0.483 e. The molecule has 30 heavy (non-hydrogen) atoms. The molecule has 0 saturated heterocycles. The summed E-state index contributed by atoms with van der Waals surface area (Å²) in [6.07, 6.45) is 0. The molecule has 2 amide bonds. The molecule has 2 aromatic rings.